The van der Waals surface area contributed by atoms with Gasteiger partial charge in [0.15, 0.2) is 6.10 Å². The second kappa shape index (κ2) is 7.43. The van der Waals surface area contributed by atoms with E-state index >= 15 is 0 Å². The summed E-state index contributed by atoms with van der Waals surface area (Å²) in [5.41, 5.74) is 0. The maximum atomic E-state index is 11.9. The summed E-state index contributed by atoms with van der Waals surface area (Å²) in [6, 6.07) is 13.5. The van der Waals surface area contributed by atoms with Crippen molar-refractivity contribution in [1.29, 1.82) is 0 Å². The predicted molar refractivity (Wildman–Crippen MR) is 89.3 cm³/mol. The zero-order valence-electron chi connectivity index (χ0n) is 12.3. The van der Waals surface area contributed by atoms with Crippen molar-refractivity contribution in [1.82, 2.24) is 10.2 Å². The van der Waals surface area contributed by atoms with Gasteiger partial charge in [-0.2, -0.15) is 0 Å². The van der Waals surface area contributed by atoms with Crippen LogP contribution in [0.25, 0.3) is 10.8 Å². The molecule has 0 aliphatic heterocycles. The Morgan fingerprint density at radius 3 is 2.83 bits per heavy atom. The lowest BCUT2D eigenvalue weighted by Gasteiger charge is -2.09. The van der Waals surface area contributed by atoms with Crippen LogP contribution in [0, 0.1) is 0 Å². The van der Waals surface area contributed by atoms with Gasteiger partial charge in [0, 0.05) is 4.90 Å². The highest BCUT2D eigenvalue weighted by Crippen LogP contribution is 2.26. The maximum absolute atomic E-state index is 11.9. The molecule has 0 spiro atoms. The Bertz CT molecular complexity index is 757. The van der Waals surface area contributed by atoms with Gasteiger partial charge in [0.1, 0.15) is 0 Å². The summed E-state index contributed by atoms with van der Waals surface area (Å²) >= 11 is 2.94. The molecule has 3 rings (SSSR count). The number of carbonyl (C=O) groups excluding carboxylic acids is 1. The molecule has 23 heavy (non-hydrogen) atoms. The molecule has 0 bridgehead atoms. The first kappa shape index (κ1) is 15.8. The van der Waals surface area contributed by atoms with Crippen molar-refractivity contribution in [3.63, 3.8) is 0 Å². The highest BCUT2D eigenvalue weighted by molar-refractivity contribution is 8.00. The van der Waals surface area contributed by atoms with Crippen LogP contribution in [0.5, 0.6) is 0 Å². The maximum Gasteiger partial charge on any atom is 0.317 e. The van der Waals surface area contributed by atoms with Gasteiger partial charge in [-0.15, -0.1) is 33.3 Å². The third kappa shape index (κ3) is 4.20. The fraction of sp³-hybridized carbons (Fsp3) is 0.188. The van der Waals surface area contributed by atoms with Crippen molar-refractivity contribution in [2.75, 3.05) is 5.75 Å². The summed E-state index contributed by atoms with van der Waals surface area (Å²) in [6.45, 7) is 1.72. The van der Waals surface area contributed by atoms with Crippen molar-refractivity contribution >= 4 is 29.1 Å². The minimum atomic E-state index is -0.569. The van der Waals surface area contributed by atoms with Gasteiger partial charge in [0.25, 0.3) is 11.8 Å². The van der Waals surface area contributed by atoms with Gasteiger partial charge in [0.05, 0.1) is 10.6 Å². The van der Waals surface area contributed by atoms with E-state index in [9.17, 15) is 4.79 Å². The number of ether oxygens (including phenoxy) is 1. The first-order valence-electron chi connectivity index (χ1n) is 6.97. The van der Waals surface area contributed by atoms with E-state index in [0.29, 0.717) is 11.8 Å². The zero-order chi connectivity index (χ0) is 16.1. The molecule has 7 heteroatoms. The Morgan fingerprint density at radius 1 is 1.26 bits per heavy atom. The third-order valence-electron chi connectivity index (χ3n) is 2.93. The van der Waals surface area contributed by atoms with Crippen molar-refractivity contribution in [2.45, 2.75) is 17.9 Å². The largest absolute Gasteiger partial charge is 0.452 e. The van der Waals surface area contributed by atoms with E-state index in [1.165, 1.54) is 23.1 Å². The molecular weight excluding hydrogens is 332 g/mol. The lowest BCUT2D eigenvalue weighted by molar-refractivity contribution is -0.146. The second-order valence-corrected chi connectivity index (χ2v) is 6.65. The van der Waals surface area contributed by atoms with E-state index in [1.54, 1.807) is 6.92 Å². The molecule has 3 aromatic rings. The SMILES string of the molecule is C[C@H](OC(=O)CSc1ccccc1)c1nnc(-c2cccs2)o1. The quantitative estimate of drug-likeness (QED) is 0.492. The van der Waals surface area contributed by atoms with Crippen LogP contribution in [0.3, 0.4) is 0 Å². The number of nitrogens with zero attached hydrogens (tertiary/aromatic N) is 2. The van der Waals surface area contributed by atoms with Crippen LogP contribution in [0.4, 0.5) is 0 Å². The Balaban J connectivity index is 1.54. The fourth-order valence-electron chi connectivity index (χ4n) is 1.84. The van der Waals surface area contributed by atoms with Gasteiger partial charge in [-0.1, -0.05) is 24.3 Å². The molecule has 0 saturated carbocycles. The molecule has 0 amide bonds. The van der Waals surface area contributed by atoms with E-state index in [-0.39, 0.29) is 11.7 Å². The van der Waals surface area contributed by atoms with Crippen LogP contribution in [0.15, 0.2) is 57.2 Å². The topological polar surface area (TPSA) is 65.2 Å². The molecule has 0 fully saturated rings. The Hall–Kier alpha value is -2.12. The van der Waals surface area contributed by atoms with Crippen LogP contribution in [0.2, 0.25) is 0 Å². The standard InChI is InChI=1S/C16H14N2O3S2/c1-11(15-17-18-16(21-15)13-8-5-9-22-13)20-14(19)10-23-12-6-3-2-4-7-12/h2-9,11H,10H2,1H3/t11-/m0/s1. The van der Waals surface area contributed by atoms with E-state index in [2.05, 4.69) is 10.2 Å². The molecule has 0 aliphatic carbocycles. The minimum Gasteiger partial charge on any atom is -0.452 e. The summed E-state index contributed by atoms with van der Waals surface area (Å²) in [7, 11) is 0. The second-order valence-electron chi connectivity index (χ2n) is 4.66. The molecule has 0 unspecified atom stereocenters. The number of aromatic nitrogens is 2. The van der Waals surface area contributed by atoms with Crippen LogP contribution < -0.4 is 0 Å². The predicted octanol–water partition coefficient (Wildman–Crippen LogP) is 4.19. The van der Waals surface area contributed by atoms with Crippen molar-refractivity contribution in [3.8, 4) is 10.8 Å². The molecule has 0 aliphatic rings. The first-order chi connectivity index (χ1) is 11.2. The van der Waals surface area contributed by atoms with Crippen LogP contribution in [-0.2, 0) is 9.53 Å². The van der Waals surface area contributed by atoms with Gasteiger partial charge in [0.2, 0.25) is 0 Å². The Labute approximate surface area is 141 Å². The lowest BCUT2D eigenvalue weighted by atomic mass is 10.4. The molecule has 0 radical (unpaired) electrons. The van der Waals surface area contributed by atoms with Gasteiger partial charge in [-0.05, 0) is 30.5 Å². The number of hydrogen-bond donors (Lipinski definition) is 0. The highest BCUT2D eigenvalue weighted by atomic mass is 32.2. The van der Waals surface area contributed by atoms with Crippen LogP contribution >= 0.6 is 23.1 Å². The molecule has 118 valence electrons. The third-order valence-corrected chi connectivity index (χ3v) is 4.77. The first-order valence-corrected chi connectivity index (χ1v) is 8.83. The van der Waals surface area contributed by atoms with Gasteiger partial charge < -0.3 is 9.15 Å². The van der Waals surface area contributed by atoms with Crippen LogP contribution in [0.1, 0.15) is 18.9 Å². The molecule has 0 N–H and O–H groups in total. The number of carbonyl (C=O) groups is 1. The van der Waals surface area contributed by atoms with E-state index < -0.39 is 6.10 Å². The molecule has 0 saturated heterocycles. The van der Waals surface area contributed by atoms with Crippen LogP contribution in [-0.4, -0.2) is 21.9 Å². The molecule has 2 aromatic heterocycles. The van der Waals surface area contributed by atoms with Crippen molar-refractivity contribution in [2.24, 2.45) is 0 Å². The normalized spacial score (nSPS) is 12.0. The average molecular weight is 346 g/mol. The Kier molecular flexibility index (Phi) is 5.09. The molecule has 5 nitrogen and oxygen atoms in total. The lowest BCUT2D eigenvalue weighted by Crippen LogP contribution is -2.11. The number of thiophene rings is 1. The minimum absolute atomic E-state index is 0.236. The van der Waals surface area contributed by atoms with E-state index in [4.69, 9.17) is 9.15 Å². The number of benzene rings is 1. The molecular formula is C16H14N2O3S2. The fourth-order valence-corrected chi connectivity index (χ4v) is 3.19. The number of thioether (sulfide) groups is 1. The van der Waals surface area contributed by atoms with Crippen molar-refractivity contribution < 1.29 is 13.9 Å². The summed E-state index contributed by atoms with van der Waals surface area (Å²) in [5.74, 6) is 0.658. The van der Waals surface area contributed by atoms with Gasteiger partial charge >= 0.3 is 5.97 Å². The van der Waals surface area contributed by atoms with E-state index in [0.717, 1.165) is 9.77 Å². The summed E-state index contributed by atoms with van der Waals surface area (Å²) in [5, 5.41) is 9.86. The van der Waals surface area contributed by atoms with Crippen molar-refractivity contribution in [3.05, 3.63) is 53.7 Å². The smallest absolute Gasteiger partial charge is 0.317 e. The Morgan fingerprint density at radius 2 is 2.09 bits per heavy atom. The number of hydrogen-bond acceptors (Lipinski definition) is 7. The van der Waals surface area contributed by atoms with Gasteiger partial charge in [-0.25, -0.2) is 0 Å². The monoisotopic (exact) mass is 346 g/mol. The average Bonchev–Trinajstić information content (AvgIpc) is 3.24. The number of esters is 1. The summed E-state index contributed by atoms with van der Waals surface area (Å²) in [4.78, 5) is 13.8. The van der Waals surface area contributed by atoms with E-state index in [1.807, 2.05) is 47.8 Å². The van der Waals surface area contributed by atoms with Gasteiger partial charge in [-0.3, -0.25) is 4.79 Å². The zero-order valence-corrected chi connectivity index (χ0v) is 14.0. The number of rotatable bonds is 6. The summed E-state index contributed by atoms with van der Waals surface area (Å²) < 4.78 is 10.9. The molecule has 1 atom stereocenters. The molecule has 1 aromatic carbocycles. The molecule has 2 heterocycles. The highest BCUT2D eigenvalue weighted by Gasteiger charge is 2.19. The summed E-state index contributed by atoms with van der Waals surface area (Å²) in [6.07, 6.45) is -0.569.